The van der Waals surface area contributed by atoms with Crippen LogP contribution in [0.1, 0.15) is 41.3 Å². The number of fused-ring (bicyclic) bond motifs is 3. The number of hydrogen-bond donors (Lipinski definition) is 1. The van der Waals surface area contributed by atoms with Crippen LogP contribution in [-0.2, 0) is 13.0 Å². The summed E-state index contributed by atoms with van der Waals surface area (Å²) in [5, 5.41) is 4.77. The van der Waals surface area contributed by atoms with E-state index < -0.39 is 0 Å². The van der Waals surface area contributed by atoms with E-state index in [0.29, 0.717) is 6.04 Å². The molecule has 128 valence electrons. The van der Waals surface area contributed by atoms with E-state index >= 15 is 0 Å². The molecular weight excluding hydrogens is 330 g/mol. The molecule has 1 atom stereocenters. The Bertz CT molecular complexity index is 891. The molecule has 0 amide bonds. The minimum atomic E-state index is 0.359. The fraction of sp³-hybridized carbons (Fsp3) is 0.421. The topological polar surface area (TPSA) is 53.9 Å². The summed E-state index contributed by atoms with van der Waals surface area (Å²) >= 11 is 1.82. The lowest BCUT2D eigenvalue weighted by Gasteiger charge is -2.37. The lowest BCUT2D eigenvalue weighted by molar-refractivity contribution is 0.469. The van der Waals surface area contributed by atoms with Crippen LogP contribution in [0.4, 0.5) is 5.82 Å². The minimum Gasteiger partial charge on any atom is -0.349 e. The van der Waals surface area contributed by atoms with Crippen molar-refractivity contribution < 1.29 is 0 Å². The smallest absolute Gasteiger partial charge is 0.141 e. The summed E-state index contributed by atoms with van der Waals surface area (Å²) in [4.78, 5) is 18.8. The van der Waals surface area contributed by atoms with Crippen LogP contribution in [0.15, 0.2) is 30.9 Å². The largest absolute Gasteiger partial charge is 0.349 e. The third-order valence-corrected chi connectivity index (χ3v) is 6.47. The zero-order valence-corrected chi connectivity index (χ0v) is 14.9. The molecule has 25 heavy (non-hydrogen) atoms. The molecule has 0 aliphatic carbocycles. The van der Waals surface area contributed by atoms with E-state index in [2.05, 4.69) is 26.3 Å². The number of pyridine rings is 1. The van der Waals surface area contributed by atoms with Gasteiger partial charge < -0.3 is 10.2 Å². The number of rotatable bonds is 2. The summed E-state index contributed by atoms with van der Waals surface area (Å²) in [5.41, 5.74) is 2.75. The average Bonchev–Trinajstić information content (AvgIpc) is 3.07. The number of thiophene rings is 1. The summed E-state index contributed by atoms with van der Waals surface area (Å²) in [6.07, 6.45) is 10.3. The predicted octanol–water partition coefficient (Wildman–Crippen LogP) is 3.46. The molecule has 0 saturated carbocycles. The Balaban J connectivity index is 1.65. The number of aromatic nitrogens is 3. The second-order valence-corrected chi connectivity index (χ2v) is 7.88. The molecule has 1 fully saturated rings. The van der Waals surface area contributed by atoms with Gasteiger partial charge in [-0.3, -0.25) is 4.98 Å². The van der Waals surface area contributed by atoms with Gasteiger partial charge in [0.1, 0.15) is 17.0 Å². The van der Waals surface area contributed by atoms with Crippen LogP contribution in [0.2, 0.25) is 0 Å². The van der Waals surface area contributed by atoms with Crippen molar-refractivity contribution in [2.45, 2.75) is 38.3 Å². The zero-order chi connectivity index (χ0) is 16.6. The van der Waals surface area contributed by atoms with Crippen LogP contribution in [-0.4, -0.2) is 28.0 Å². The molecule has 0 spiro atoms. The van der Waals surface area contributed by atoms with Crippen LogP contribution >= 0.6 is 11.3 Å². The average molecular weight is 351 g/mol. The van der Waals surface area contributed by atoms with Crippen molar-refractivity contribution in [3.8, 4) is 0 Å². The maximum Gasteiger partial charge on any atom is 0.141 e. The Kier molecular flexibility index (Phi) is 3.87. The van der Waals surface area contributed by atoms with Crippen molar-refractivity contribution in [2.75, 3.05) is 18.0 Å². The second-order valence-electron chi connectivity index (χ2n) is 6.80. The predicted molar refractivity (Wildman–Crippen MR) is 101 cm³/mol. The summed E-state index contributed by atoms with van der Waals surface area (Å²) < 4.78 is 0. The van der Waals surface area contributed by atoms with Gasteiger partial charge in [0.2, 0.25) is 0 Å². The van der Waals surface area contributed by atoms with Gasteiger partial charge in [0.15, 0.2) is 0 Å². The molecule has 1 unspecified atom stereocenters. The Morgan fingerprint density at radius 2 is 2.24 bits per heavy atom. The summed E-state index contributed by atoms with van der Waals surface area (Å²) in [6, 6.07) is 4.59. The van der Waals surface area contributed by atoms with Crippen molar-refractivity contribution in [3.63, 3.8) is 0 Å². The van der Waals surface area contributed by atoms with Crippen LogP contribution in [0.5, 0.6) is 0 Å². The maximum absolute atomic E-state index is 4.77. The first-order valence-electron chi connectivity index (χ1n) is 9.04. The van der Waals surface area contributed by atoms with Crippen LogP contribution in [0.3, 0.4) is 0 Å². The highest BCUT2D eigenvalue weighted by Gasteiger charge is 2.29. The first kappa shape index (κ1) is 15.2. The summed E-state index contributed by atoms with van der Waals surface area (Å²) in [7, 11) is 0. The van der Waals surface area contributed by atoms with Gasteiger partial charge in [-0.1, -0.05) is 6.07 Å². The monoisotopic (exact) mass is 351 g/mol. The molecule has 1 N–H and O–H groups in total. The normalized spacial score (nSPS) is 20.6. The molecule has 5 heterocycles. The molecule has 6 heteroatoms. The second kappa shape index (κ2) is 6.35. The van der Waals surface area contributed by atoms with Crippen molar-refractivity contribution in [1.29, 1.82) is 0 Å². The SMILES string of the molecule is c1cncc(C2CCCCN2c2ncnc3sc4c(c23)CCNC4)c1. The lowest BCUT2D eigenvalue weighted by Crippen LogP contribution is -2.34. The van der Waals surface area contributed by atoms with Crippen molar-refractivity contribution in [1.82, 2.24) is 20.3 Å². The summed E-state index contributed by atoms with van der Waals surface area (Å²) in [5.74, 6) is 1.12. The van der Waals surface area contributed by atoms with Gasteiger partial charge in [0, 0.05) is 30.4 Å². The van der Waals surface area contributed by atoms with Crippen LogP contribution in [0, 0.1) is 0 Å². The van der Waals surface area contributed by atoms with Gasteiger partial charge in [0.05, 0.1) is 11.4 Å². The number of piperidine rings is 1. The van der Waals surface area contributed by atoms with E-state index in [-0.39, 0.29) is 0 Å². The van der Waals surface area contributed by atoms with Crippen LogP contribution < -0.4 is 10.2 Å². The van der Waals surface area contributed by atoms with E-state index in [9.17, 15) is 0 Å². The first-order chi connectivity index (χ1) is 12.4. The zero-order valence-electron chi connectivity index (χ0n) is 14.1. The minimum absolute atomic E-state index is 0.359. The molecule has 0 radical (unpaired) electrons. The van der Waals surface area contributed by atoms with Crippen molar-refractivity contribution in [2.24, 2.45) is 0 Å². The van der Waals surface area contributed by atoms with Crippen LogP contribution in [0.25, 0.3) is 10.2 Å². The fourth-order valence-electron chi connectivity index (χ4n) is 4.16. The van der Waals surface area contributed by atoms with E-state index in [1.54, 1.807) is 6.33 Å². The molecule has 5 rings (SSSR count). The number of nitrogens with zero attached hydrogens (tertiary/aromatic N) is 4. The molecular formula is C19H21N5S. The van der Waals surface area contributed by atoms with E-state index in [1.807, 2.05) is 29.8 Å². The van der Waals surface area contributed by atoms with Gasteiger partial charge in [-0.2, -0.15) is 0 Å². The van der Waals surface area contributed by atoms with Crippen molar-refractivity contribution >= 4 is 27.4 Å². The highest BCUT2D eigenvalue weighted by molar-refractivity contribution is 7.19. The van der Waals surface area contributed by atoms with E-state index in [0.717, 1.165) is 43.1 Å². The van der Waals surface area contributed by atoms with Gasteiger partial charge in [0.25, 0.3) is 0 Å². The molecule has 3 aromatic rings. The molecule has 0 aromatic carbocycles. The van der Waals surface area contributed by atoms with Gasteiger partial charge in [-0.15, -0.1) is 11.3 Å². The van der Waals surface area contributed by atoms with Gasteiger partial charge >= 0.3 is 0 Å². The number of hydrogen-bond acceptors (Lipinski definition) is 6. The molecule has 2 aliphatic heterocycles. The Morgan fingerprint density at radius 1 is 1.24 bits per heavy atom. The van der Waals surface area contributed by atoms with Gasteiger partial charge in [-0.25, -0.2) is 9.97 Å². The molecule has 3 aromatic heterocycles. The highest BCUT2D eigenvalue weighted by atomic mass is 32.1. The standard InChI is InChI=1S/C19H21N5S/c1-2-9-24(15(5-1)13-4-3-7-20-10-13)18-17-14-6-8-21-11-16(14)25-19(17)23-12-22-18/h3-4,7,10,12,15,21H,1-2,5-6,8-9,11H2. The Labute approximate surface area is 151 Å². The molecule has 5 nitrogen and oxygen atoms in total. The first-order valence-corrected chi connectivity index (χ1v) is 9.86. The molecule has 1 saturated heterocycles. The fourth-order valence-corrected chi connectivity index (χ4v) is 5.32. The molecule has 2 aliphatic rings. The third kappa shape index (κ3) is 2.60. The number of nitrogens with one attached hydrogen (secondary N) is 1. The van der Waals surface area contributed by atoms with Gasteiger partial charge in [-0.05, 0) is 49.4 Å². The van der Waals surface area contributed by atoms with E-state index in [4.69, 9.17) is 4.98 Å². The third-order valence-electron chi connectivity index (χ3n) is 5.33. The van der Waals surface area contributed by atoms with E-state index in [1.165, 1.54) is 34.2 Å². The highest BCUT2D eigenvalue weighted by Crippen LogP contribution is 2.41. The van der Waals surface area contributed by atoms with Crippen molar-refractivity contribution in [3.05, 3.63) is 46.9 Å². The molecule has 0 bridgehead atoms. The number of anilines is 1. The Morgan fingerprint density at radius 3 is 3.16 bits per heavy atom. The Hall–Kier alpha value is -2.05. The maximum atomic E-state index is 4.77. The lowest BCUT2D eigenvalue weighted by atomic mass is 9.95. The summed E-state index contributed by atoms with van der Waals surface area (Å²) in [6.45, 7) is 3.05. The quantitative estimate of drug-likeness (QED) is 0.766.